The SMILES string of the molecule is N#CCc1ccccc1C#CCCO. The lowest BCUT2D eigenvalue weighted by atomic mass is 10.1. The van der Waals surface area contributed by atoms with E-state index in [0.717, 1.165) is 11.1 Å². The molecule has 0 aliphatic heterocycles. The molecule has 0 unspecified atom stereocenters. The smallest absolute Gasteiger partial charge is 0.0670 e. The lowest BCUT2D eigenvalue weighted by molar-refractivity contribution is 0.305. The fourth-order valence-corrected chi connectivity index (χ4v) is 1.10. The fraction of sp³-hybridized carbons (Fsp3) is 0.250. The number of nitrogens with zero attached hydrogens (tertiary/aromatic N) is 1. The molecule has 0 bridgehead atoms. The standard InChI is InChI=1S/C12H11NO/c13-9-8-12-6-2-1-5-11(12)7-3-4-10-14/h1-2,5-6,14H,4,8,10H2. The van der Waals surface area contributed by atoms with E-state index in [-0.39, 0.29) is 6.61 Å². The number of nitriles is 1. The van der Waals surface area contributed by atoms with Gasteiger partial charge in [0.15, 0.2) is 0 Å². The third-order valence-electron chi connectivity index (χ3n) is 1.75. The number of rotatable bonds is 2. The Morgan fingerprint density at radius 3 is 2.79 bits per heavy atom. The summed E-state index contributed by atoms with van der Waals surface area (Å²) in [5.74, 6) is 5.78. The second-order valence-electron chi connectivity index (χ2n) is 2.77. The third-order valence-corrected chi connectivity index (χ3v) is 1.75. The topological polar surface area (TPSA) is 44.0 Å². The maximum absolute atomic E-state index is 8.58. The maximum atomic E-state index is 8.58. The van der Waals surface area contributed by atoms with Crippen LogP contribution >= 0.6 is 0 Å². The first-order chi connectivity index (χ1) is 6.88. The zero-order chi connectivity index (χ0) is 10.2. The fourth-order valence-electron chi connectivity index (χ4n) is 1.10. The van der Waals surface area contributed by atoms with E-state index in [1.54, 1.807) is 0 Å². The Bertz CT molecular complexity index is 393. The van der Waals surface area contributed by atoms with Crippen LogP contribution in [0.25, 0.3) is 0 Å². The minimum Gasteiger partial charge on any atom is -0.395 e. The van der Waals surface area contributed by atoms with Gasteiger partial charge in [-0.1, -0.05) is 30.0 Å². The second-order valence-corrected chi connectivity index (χ2v) is 2.77. The van der Waals surface area contributed by atoms with Gasteiger partial charge < -0.3 is 5.11 Å². The lowest BCUT2D eigenvalue weighted by Crippen LogP contribution is -1.87. The van der Waals surface area contributed by atoms with Crippen LogP contribution in [0, 0.1) is 23.2 Å². The molecule has 0 spiro atoms. The molecule has 14 heavy (non-hydrogen) atoms. The molecule has 0 saturated heterocycles. The summed E-state index contributed by atoms with van der Waals surface area (Å²) >= 11 is 0. The van der Waals surface area contributed by atoms with Crippen molar-refractivity contribution in [3.05, 3.63) is 35.4 Å². The Hall–Kier alpha value is -1.77. The number of aliphatic hydroxyl groups is 1. The summed E-state index contributed by atoms with van der Waals surface area (Å²) in [7, 11) is 0. The first-order valence-corrected chi connectivity index (χ1v) is 4.43. The van der Waals surface area contributed by atoms with Crippen LogP contribution in [0.4, 0.5) is 0 Å². The Balaban J connectivity index is 2.87. The monoisotopic (exact) mass is 185 g/mol. The van der Waals surface area contributed by atoms with Crippen LogP contribution in [0.5, 0.6) is 0 Å². The van der Waals surface area contributed by atoms with Gasteiger partial charge in [-0.05, 0) is 11.6 Å². The molecule has 2 heteroatoms. The number of hydrogen-bond donors (Lipinski definition) is 1. The molecular formula is C12H11NO. The Morgan fingerprint density at radius 2 is 2.07 bits per heavy atom. The van der Waals surface area contributed by atoms with Crippen molar-refractivity contribution in [2.45, 2.75) is 12.8 Å². The average molecular weight is 185 g/mol. The summed E-state index contributed by atoms with van der Waals surface area (Å²) < 4.78 is 0. The molecule has 0 aromatic heterocycles. The first kappa shape index (κ1) is 10.3. The predicted molar refractivity (Wildman–Crippen MR) is 54.3 cm³/mol. The molecule has 1 aromatic carbocycles. The minimum absolute atomic E-state index is 0.0768. The van der Waals surface area contributed by atoms with E-state index in [2.05, 4.69) is 17.9 Å². The van der Waals surface area contributed by atoms with Crippen LogP contribution < -0.4 is 0 Å². The van der Waals surface area contributed by atoms with Crippen molar-refractivity contribution in [1.82, 2.24) is 0 Å². The van der Waals surface area contributed by atoms with E-state index in [4.69, 9.17) is 10.4 Å². The highest BCUT2D eigenvalue weighted by atomic mass is 16.2. The van der Waals surface area contributed by atoms with Crippen molar-refractivity contribution >= 4 is 0 Å². The predicted octanol–water partition coefficient (Wildman–Crippen LogP) is 1.49. The van der Waals surface area contributed by atoms with Gasteiger partial charge in [-0.3, -0.25) is 0 Å². The number of hydrogen-bond acceptors (Lipinski definition) is 2. The van der Waals surface area contributed by atoms with Gasteiger partial charge in [0.05, 0.1) is 19.1 Å². The number of aliphatic hydroxyl groups excluding tert-OH is 1. The van der Waals surface area contributed by atoms with Gasteiger partial charge in [0, 0.05) is 12.0 Å². The molecule has 2 nitrogen and oxygen atoms in total. The van der Waals surface area contributed by atoms with Crippen LogP contribution in [-0.4, -0.2) is 11.7 Å². The highest BCUT2D eigenvalue weighted by Crippen LogP contribution is 2.07. The van der Waals surface area contributed by atoms with E-state index in [9.17, 15) is 0 Å². The van der Waals surface area contributed by atoms with Crippen LogP contribution in [0.15, 0.2) is 24.3 Å². The van der Waals surface area contributed by atoms with E-state index < -0.39 is 0 Å². The van der Waals surface area contributed by atoms with E-state index in [1.807, 2.05) is 24.3 Å². The highest BCUT2D eigenvalue weighted by Gasteiger charge is 1.96. The maximum Gasteiger partial charge on any atom is 0.0670 e. The van der Waals surface area contributed by atoms with E-state index in [1.165, 1.54) is 0 Å². The average Bonchev–Trinajstić information content (AvgIpc) is 2.21. The summed E-state index contributed by atoms with van der Waals surface area (Å²) in [4.78, 5) is 0. The van der Waals surface area contributed by atoms with Crippen molar-refractivity contribution in [3.8, 4) is 17.9 Å². The summed E-state index contributed by atoms with van der Waals surface area (Å²) in [6.45, 7) is 0.0768. The van der Waals surface area contributed by atoms with Gasteiger partial charge in [0.2, 0.25) is 0 Å². The molecule has 0 radical (unpaired) electrons. The second kappa shape index (κ2) is 5.80. The Labute approximate surface area is 83.8 Å². The molecule has 0 aliphatic rings. The molecule has 0 saturated carbocycles. The molecule has 0 fully saturated rings. The van der Waals surface area contributed by atoms with Crippen LogP contribution in [0.3, 0.4) is 0 Å². The molecule has 0 heterocycles. The quantitative estimate of drug-likeness (QED) is 0.709. The molecule has 0 amide bonds. The summed E-state index contributed by atoms with van der Waals surface area (Å²) in [6, 6.07) is 9.66. The summed E-state index contributed by atoms with van der Waals surface area (Å²) in [5, 5.41) is 17.1. The van der Waals surface area contributed by atoms with Gasteiger partial charge in [0.25, 0.3) is 0 Å². The summed E-state index contributed by atoms with van der Waals surface area (Å²) in [6.07, 6.45) is 0.852. The van der Waals surface area contributed by atoms with Gasteiger partial charge >= 0.3 is 0 Å². The molecule has 0 atom stereocenters. The zero-order valence-corrected chi connectivity index (χ0v) is 7.83. The zero-order valence-electron chi connectivity index (χ0n) is 7.83. The lowest BCUT2D eigenvalue weighted by Gasteiger charge is -1.97. The van der Waals surface area contributed by atoms with E-state index in [0.29, 0.717) is 12.8 Å². The van der Waals surface area contributed by atoms with Crippen molar-refractivity contribution in [2.75, 3.05) is 6.61 Å². The molecular weight excluding hydrogens is 174 g/mol. The Morgan fingerprint density at radius 1 is 1.29 bits per heavy atom. The molecule has 1 rings (SSSR count). The number of benzene rings is 1. The normalized spacial score (nSPS) is 8.57. The summed E-state index contributed by atoms with van der Waals surface area (Å²) in [5.41, 5.74) is 1.82. The van der Waals surface area contributed by atoms with E-state index >= 15 is 0 Å². The molecule has 70 valence electrons. The van der Waals surface area contributed by atoms with Crippen LogP contribution in [0.1, 0.15) is 17.5 Å². The van der Waals surface area contributed by atoms with Gasteiger partial charge in [-0.25, -0.2) is 0 Å². The first-order valence-electron chi connectivity index (χ1n) is 4.43. The van der Waals surface area contributed by atoms with Crippen molar-refractivity contribution in [2.24, 2.45) is 0 Å². The van der Waals surface area contributed by atoms with Crippen molar-refractivity contribution in [1.29, 1.82) is 5.26 Å². The minimum atomic E-state index is 0.0768. The third kappa shape index (κ3) is 2.94. The molecule has 0 aliphatic carbocycles. The van der Waals surface area contributed by atoms with Crippen molar-refractivity contribution < 1.29 is 5.11 Å². The van der Waals surface area contributed by atoms with Crippen LogP contribution in [0.2, 0.25) is 0 Å². The molecule has 1 aromatic rings. The largest absolute Gasteiger partial charge is 0.395 e. The Kier molecular flexibility index (Phi) is 4.27. The van der Waals surface area contributed by atoms with Gasteiger partial charge in [-0.2, -0.15) is 5.26 Å². The molecule has 1 N–H and O–H groups in total. The highest BCUT2D eigenvalue weighted by molar-refractivity contribution is 5.42. The van der Waals surface area contributed by atoms with Crippen LogP contribution in [-0.2, 0) is 6.42 Å². The van der Waals surface area contributed by atoms with Crippen molar-refractivity contribution in [3.63, 3.8) is 0 Å². The van der Waals surface area contributed by atoms with Gasteiger partial charge in [-0.15, -0.1) is 0 Å². The van der Waals surface area contributed by atoms with Gasteiger partial charge in [0.1, 0.15) is 0 Å².